The van der Waals surface area contributed by atoms with Crippen LogP contribution in [0.3, 0.4) is 0 Å². The Morgan fingerprint density at radius 1 is 1.02 bits per heavy atom. The van der Waals surface area contributed by atoms with Crippen molar-refractivity contribution in [2.45, 2.75) is 44.6 Å². The van der Waals surface area contributed by atoms with Gasteiger partial charge >= 0.3 is 6.09 Å². The Hall–Kier alpha value is -3.37. The number of halogens is 2. The fraction of sp³-hybridized carbons (Fsp3) is 0.516. The molecule has 3 amide bonds. The number of amides is 3. The van der Waals surface area contributed by atoms with Crippen molar-refractivity contribution in [3.05, 3.63) is 58.4 Å². The van der Waals surface area contributed by atoms with Gasteiger partial charge in [-0.1, -0.05) is 11.6 Å². The highest BCUT2D eigenvalue weighted by atomic mass is 35.5. The first-order valence-corrected chi connectivity index (χ1v) is 14.8. The van der Waals surface area contributed by atoms with Crippen molar-refractivity contribution in [2.24, 2.45) is 5.41 Å². The highest BCUT2D eigenvalue weighted by Gasteiger charge is 2.55. The van der Waals surface area contributed by atoms with Crippen molar-refractivity contribution in [3.63, 3.8) is 0 Å². The molecule has 2 aromatic carbocycles. The van der Waals surface area contributed by atoms with Crippen LogP contribution in [-0.2, 0) is 14.9 Å². The topological polar surface area (TPSA) is 91.4 Å². The number of nitrogens with one attached hydrogen (secondary N) is 1. The normalized spacial score (nSPS) is 20.5. The Balaban J connectivity index is 0.953. The Kier molecular flexibility index (Phi) is 7.13. The summed E-state index contributed by atoms with van der Waals surface area (Å²) in [5, 5.41) is 3.62. The molecular weight excluding hydrogens is 563 g/mol. The third-order valence-corrected chi connectivity index (χ3v) is 9.02. The predicted molar refractivity (Wildman–Crippen MR) is 155 cm³/mol. The molecule has 224 valence electrons. The van der Waals surface area contributed by atoms with Crippen LogP contribution >= 0.6 is 11.6 Å². The molecule has 4 aliphatic rings. The number of anilines is 1. The van der Waals surface area contributed by atoms with E-state index in [0.717, 1.165) is 24.3 Å². The van der Waals surface area contributed by atoms with Gasteiger partial charge in [0.25, 0.3) is 5.91 Å². The molecule has 0 saturated carbocycles. The van der Waals surface area contributed by atoms with Crippen molar-refractivity contribution in [1.29, 1.82) is 0 Å². The molecule has 42 heavy (non-hydrogen) atoms. The Morgan fingerprint density at radius 3 is 2.38 bits per heavy atom. The molecule has 3 saturated heterocycles. The van der Waals surface area contributed by atoms with Gasteiger partial charge in [0, 0.05) is 54.9 Å². The third kappa shape index (κ3) is 5.30. The van der Waals surface area contributed by atoms with E-state index in [4.69, 9.17) is 21.1 Å². The number of fused-ring (bicyclic) bond motifs is 2. The number of ether oxygens (including phenoxy) is 2. The largest absolute Gasteiger partial charge is 0.492 e. The Morgan fingerprint density at radius 2 is 1.71 bits per heavy atom. The molecule has 3 fully saturated rings. The quantitative estimate of drug-likeness (QED) is 0.544. The molecular formula is C31H36ClFN4O5. The van der Waals surface area contributed by atoms with Crippen LogP contribution in [0.2, 0.25) is 5.02 Å². The van der Waals surface area contributed by atoms with Gasteiger partial charge in [-0.05, 0) is 82.6 Å². The minimum absolute atomic E-state index is 0.0112. The molecule has 4 aliphatic heterocycles. The van der Waals surface area contributed by atoms with Gasteiger partial charge in [0.15, 0.2) is 0 Å². The molecule has 2 aromatic rings. The number of rotatable bonds is 5. The van der Waals surface area contributed by atoms with E-state index in [-0.39, 0.29) is 28.9 Å². The molecule has 0 bridgehead atoms. The fourth-order valence-corrected chi connectivity index (χ4v) is 6.76. The summed E-state index contributed by atoms with van der Waals surface area (Å²) in [6.07, 6.45) is 1.03. The lowest BCUT2D eigenvalue weighted by molar-refractivity contribution is -0.122. The second-order valence-electron chi connectivity index (χ2n) is 13.1. The van der Waals surface area contributed by atoms with Gasteiger partial charge < -0.3 is 24.6 Å². The number of benzene rings is 2. The van der Waals surface area contributed by atoms with E-state index in [9.17, 15) is 18.8 Å². The first kappa shape index (κ1) is 28.7. The summed E-state index contributed by atoms with van der Waals surface area (Å²) in [7, 11) is 0. The maximum Gasteiger partial charge on any atom is 0.410 e. The number of piperidine rings is 1. The standard InChI is InChI=1S/C31H36ClFN4O5/c1-29(2,3)42-28(40)37-18-30(19-37)16-36(17-30)26(38)22-6-5-21(15-24(22)33)41-13-12-35-10-8-31(9-11-35)23-14-20(32)4-7-25(23)34-27(31)39/h4-7,14-15H,8-13,16-19H2,1-3H3,(H,34,39). The lowest BCUT2D eigenvalue weighted by atomic mass is 9.73. The third-order valence-electron chi connectivity index (χ3n) is 8.78. The Bertz CT molecular complexity index is 1420. The fourth-order valence-electron chi connectivity index (χ4n) is 6.59. The number of hydrogen-bond donors (Lipinski definition) is 1. The highest BCUT2D eigenvalue weighted by Crippen LogP contribution is 2.46. The molecule has 9 nitrogen and oxygen atoms in total. The van der Waals surface area contributed by atoms with Gasteiger partial charge in [0.05, 0.1) is 11.0 Å². The van der Waals surface area contributed by atoms with Crippen LogP contribution < -0.4 is 10.1 Å². The number of carbonyl (C=O) groups is 3. The summed E-state index contributed by atoms with van der Waals surface area (Å²) in [6.45, 7) is 9.99. The average molecular weight is 599 g/mol. The first-order chi connectivity index (χ1) is 19.9. The van der Waals surface area contributed by atoms with Gasteiger partial charge in [-0.2, -0.15) is 0 Å². The minimum Gasteiger partial charge on any atom is -0.492 e. The Labute approximate surface area is 249 Å². The van der Waals surface area contributed by atoms with Gasteiger partial charge in [-0.25, -0.2) is 9.18 Å². The molecule has 4 heterocycles. The zero-order chi connectivity index (χ0) is 29.9. The van der Waals surface area contributed by atoms with E-state index >= 15 is 0 Å². The maximum absolute atomic E-state index is 14.9. The van der Waals surface area contributed by atoms with Crippen LogP contribution in [0, 0.1) is 11.2 Å². The maximum atomic E-state index is 14.9. The highest BCUT2D eigenvalue weighted by molar-refractivity contribution is 6.31. The van der Waals surface area contributed by atoms with Gasteiger partial charge in [-0.3, -0.25) is 14.5 Å². The second-order valence-corrected chi connectivity index (χ2v) is 13.5. The van der Waals surface area contributed by atoms with Crippen LogP contribution in [0.25, 0.3) is 0 Å². The lowest BCUT2D eigenvalue weighted by Crippen LogP contribution is -2.73. The molecule has 2 spiro atoms. The van der Waals surface area contributed by atoms with Crippen molar-refractivity contribution in [3.8, 4) is 5.75 Å². The molecule has 0 aliphatic carbocycles. The zero-order valence-electron chi connectivity index (χ0n) is 24.2. The SMILES string of the molecule is CC(C)(C)OC(=O)N1CC2(C1)CN(C(=O)c1ccc(OCCN3CCC4(CC3)C(=O)Nc3ccc(Cl)cc34)cc1F)C2. The smallest absolute Gasteiger partial charge is 0.410 e. The summed E-state index contributed by atoms with van der Waals surface area (Å²) in [5.41, 5.74) is 0.602. The van der Waals surface area contributed by atoms with E-state index in [2.05, 4.69) is 10.2 Å². The average Bonchev–Trinajstić information content (AvgIpc) is 3.12. The minimum atomic E-state index is -0.619. The molecule has 11 heteroatoms. The van der Waals surface area contributed by atoms with E-state index < -0.39 is 16.8 Å². The van der Waals surface area contributed by atoms with Crippen LogP contribution in [0.1, 0.15) is 49.5 Å². The van der Waals surface area contributed by atoms with E-state index in [1.54, 1.807) is 21.9 Å². The number of carbonyl (C=O) groups excluding carboxylic acids is 3. The van der Waals surface area contributed by atoms with Crippen LogP contribution in [0.5, 0.6) is 5.75 Å². The van der Waals surface area contributed by atoms with E-state index in [1.165, 1.54) is 12.1 Å². The van der Waals surface area contributed by atoms with Crippen LogP contribution in [-0.4, -0.2) is 90.6 Å². The second kappa shape index (κ2) is 10.4. The molecule has 1 N–H and O–H groups in total. The van der Waals surface area contributed by atoms with Gasteiger partial charge in [0.1, 0.15) is 23.8 Å². The van der Waals surface area contributed by atoms with Crippen molar-refractivity contribution in [1.82, 2.24) is 14.7 Å². The molecule has 0 aromatic heterocycles. The van der Waals surface area contributed by atoms with Crippen LogP contribution in [0.15, 0.2) is 36.4 Å². The molecule has 0 unspecified atom stereocenters. The number of nitrogens with zero attached hydrogens (tertiary/aromatic N) is 3. The summed E-state index contributed by atoms with van der Waals surface area (Å²) in [4.78, 5) is 43.5. The number of likely N-dealkylation sites (tertiary alicyclic amines) is 3. The van der Waals surface area contributed by atoms with Crippen molar-refractivity contribution >= 4 is 35.2 Å². The summed E-state index contributed by atoms with van der Waals surface area (Å²) < 4.78 is 26.1. The van der Waals surface area contributed by atoms with Crippen molar-refractivity contribution < 1.29 is 28.2 Å². The summed E-state index contributed by atoms with van der Waals surface area (Å²) >= 11 is 6.21. The van der Waals surface area contributed by atoms with E-state index in [0.29, 0.717) is 62.9 Å². The predicted octanol–water partition coefficient (Wildman–Crippen LogP) is 4.54. The summed E-state index contributed by atoms with van der Waals surface area (Å²) in [6, 6.07) is 9.88. The molecule has 6 rings (SSSR count). The van der Waals surface area contributed by atoms with E-state index in [1.807, 2.05) is 32.9 Å². The number of hydrogen-bond acceptors (Lipinski definition) is 6. The lowest BCUT2D eigenvalue weighted by Gasteiger charge is -2.59. The molecule has 0 atom stereocenters. The van der Waals surface area contributed by atoms with Gasteiger partial charge in [0.2, 0.25) is 5.91 Å². The molecule has 0 radical (unpaired) electrons. The van der Waals surface area contributed by atoms with Crippen molar-refractivity contribution in [2.75, 3.05) is 57.7 Å². The first-order valence-electron chi connectivity index (χ1n) is 14.4. The van der Waals surface area contributed by atoms with Crippen LogP contribution in [0.4, 0.5) is 14.9 Å². The zero-order valence-corrected chi connectivity index (χ0v) is 24.9. The van der Waals surface area contributed by atoms with Gasteiger partial charge in [-0.15, -0.1) is 0 Å². The monoisotopic (exact) mass is 598 g/mol. The summed E-state index contributed by atoms with van der Waals surface area (Å²) in [5.74, 6) is -0.582.